The molecule has 3 nitrogen and oxygen atoms in total. The third-order valence-electron chi connectivity index (χ3n) is 3.31. The van der Waals surface area contributed by atoms with Crippen molar-refractivity contribution >= 4 is 5.97 Å². The van der Waals surface area contributed by atoms with Crippen LogP contribution in [0.1, 0.15) is 63.9 Å². The number of hydrogen-bond acceptors (Lipinski definition) is 2. The zero-order valence-electron chi connectivity index (χ0n) is 12.1. The van der Waals surface area contributed by atoms with Crippen molar-refractivity contribution in [1.82, 2.24) is 4.98 Å². The summed E-state index contributed by atoms with van der Waals surface area (Å²) in [7, 11) is 0. The van der Waals surface area contributed by atoms with Gasteiger partial charge in [0.25, 0.3) is 0 Å². The highest BCUT2D eigenvalue weighted by molar-refractivity contribution is 5.69. The number of unbranched alkanes of at least 4 members (excludes halogenated alkanes) is 6. The number of rotatable bonds is 11. The third kappa shape index (κ3) is 8.46. The summed E-state index contributed by atoms with van der Waals surface area (Å²) in [4.78, 5) is 14.2. The standard InChI is InChI=1S/C16H27NO2/c1-2-19-16(18)11-9-7-5-3-4-6-8-10-15-12-13-17-14-15/h12-14,17H,2-11H2,1H3. The second-order valence-electron chi connectivity index (χ2n) is 5.00. The lowest BCUT2D eigenvalue weighted by molar-refractivity contribution is -0.143. The van der Waals surface area contributed by atoms with E-state index in [9.17, 15) is 4.79 Å². The van der Waals surface area contributed by atoms with Gasteiger partial charge in [0.1, 0.15) is 0 Å². The molecule has 1 heterocycles. The van der Waals surface area contributed by atoms with Crippen molar-refractivity contribution in [1.29, 1.82) is 0 Å². The second kappa shape index (κ2) is 10.7. The first-order valence-electron chi connectivity index (χ1n) is 7.60. The number of H-pyrrole nitrogens is 1. The van der Waals surface area contributed by atoms with Gasteiger partial charge in [-0.15, -0.1) is 0 Å². The Morgan fingerprint density at radius 1 is 1.11 bits per heavy atom. The molecule has 19 heavy (non-hydrogen) atoms. The van der Waals surface area contributed by atoms with E-state index < -0.39 is 0 Å². The van der Waals surface area contributed by atoms with Crippen molar-refractivity contribution in [3.63, 3.8) is 0 Å². The van der Waals surface area contributed by atoms with Crippen LogP contribution in [0.15, 0.2) is 18.5 Å². The fourth-order valence-electron chi connectivity index (χ4n) is 2.23. The minimum absolute atomic E-state index is 0.0472. The average Bonchev–Trinajstić information content (AvgIpc) is 2.90. The molecule has 0 saturated heterocycles. The molecule has 0 fully saturated rings. The molecular weight excluding hydrogens is 238 g/mol. The van der Waals surface area contributed by atoms with Crippen LogP contribution < -0.4 is 0 Å². The van der Waals surface area contributed by atoms with Crippen molar-refractivity contribution in [2.24, 2.45) is 0 Å². The van der Waals surface area contributed by atoms with Crippen LogP contribution in [-0.2, 0) is 16.0 Å². The van der Waals surface area contributed by atoms with E-state index in [1.165, 1.54) is 44.1 Å². The third-order valence-corrected chi connectivity index (χ3v) is 3.31. The van der Waals surface area contributed by atoms with E-state index in [1.807, 2.05) is 13.1 Å². The number of ether oxygens (including phenoxy) is 1. The smallest absolute Gasteiger partial charge is 0.305 e. The number of aromatic nitrogens is 1. The molecule has 0 aliphatic heterocycles. The summed E-state index contributed by atoms with van der Waals surface area (Å²) in [6.07, 6.45) is 14.4. The van der Waals surface area contributed by atoms with Gasteiger partial charge >= 0.3 is 5.97 Å². The van der Waals surface area contributed by atoms with E-state index in [0.29, 0.717) is 13.0 Å². The normalized spacial score (nSPS) is 10.6. The molecule has 0 atom stereocenters. The molecule has 0 aliphatic carbocycles. The van der Waals surface area contributed by atoms with Crippen LogP contribution in [0, 0.1) is 0 Å². The molecule has 0 unspecified atom stereocenters. The maximum absolute atomic E-state index is 11.1. The summed E-state index contributed by atoms with van der Waals surface area (Å²) in [5, 5.41) is 0. The van der Waals surface area contributed by atoms with Gasteiger partial charge in [-0.3, -0.25) is 4.79 Å². The van der Waals surface area contributed by atoms with Gasteiger partial charge in [0, 0.05) is 18.8 Å². The van der Waals surface area contributed by atoms with Crippen molar-refractivity contribution in [3.05, 3.63) is 24.0 Å². The minimum Gasteiger partial charge on any atom is -0.466 e. The Morgan fingerprint density at radius 3 is 2.42 bits per heavy atom. The monoisotopic (exact) mass is 265 g/mol. The molecule has 0 amide bonds. The number of esters is 1. The Kier molecular flexibility index (Phi) is 8.86. The van der Waals surface area contributed by atoms with E-state index in [0.717, 1.165) is 12.8 Å². The molecule has 3 heteroatoms. The summed E-state index contributed by atoms with van der Waals surface area (Å²) in [6.45, 7) is 2.35. The molecule has 0 aromatic carbocycles. The summed E-state index contributed by atoms with van der Waals surface area (Å²) in [5.74, 6) is -0.0472. The van der Waals surface area contributed by atoms with E-state index in [4.69, 9.17) is 4.74 Å². The predicted molar refractivity (Wildman–Crippen MR) is 78.1 cm³/mol. The highest BCUT2D eigenvalue weighted by Gasteiger charge is 2.00. The lowest BCUT2D eigenvalue weighted by Crippen LogP contribution is -2.03. The van der Waals surface area contributed by atoms with Gasteiger partial charge in [-0.2, -0.15) is 0 Å². The highest BCUT2D eigenvalue weighted by Crippen LogP contribution is 2.11. The van der Waals surface area contributed by atoms with E-state index in [1.54, 1.807) is 0 Å². The fraction of sp³-hybridized carbons (Fsp3) is 0.688. The highest BCUT2D eigenvalue weighted by atomic mass is 16.5. The average molecular weight is 265 g/mol. The largest absolute Gasteiger partial charge is 0.466 e. The number of aromatic amines is 1. The second-order valence-corrected chi connectivity index (χ2v) is 5.00. The Bertz CT molecular complexity index is 319. The van der Waals surface area contributed by atoms with Gasteiger partial charge in [0.15, 0.2) is 0 Å². The molecular formula is C16H27NO2. The van der Waals surface area contributed by atoms with E-state index >= 15 is 0 Å². The quantitative estimate of drug-likeness (QED) is 0.480. The SMILES string of the molecule is CCOC(=O)CCCCCCCCCc1cc[nH]c1. The lowest BCUT2D eigenvalue weighted by atomic mass is 10.1. The first-order chi connectivity index (χ1) is 9.33. The summed E-state index contributed by atoms with van der Waals surface area (Å²) in [6, 6.07) is 2.15. The van der Waals surface area contributed by atoms with E-state index in [2.05, 4.69) is 17.2 Å². The number of carbonyl (C=O) groups is 1. The number of aryl methyl sites for hydroxylation is 1. The summed E-state index contributed by atoms with van der Waals surface area (Å²) < 4.78 is 4.90. The summed E-state index contributed by atoms with van der Waals surface area (Å²) >= 11 is 0. The maximum atomic E-state index is 11.1. The number of carbonyl (C=O) groups excluding carboxylic acids is 1. The first-order valence-corrected chi connectivity index (χ1v) is 7.60. The van der Waals surface area contributed by atoms with Crippen molar-refractivity contribution in [2.75, 3.05) is 6.61 Å². The molecule has 1 aromatic heterocycles. The molecule has 1 N–H and O–H groups in total. The predicted octanol–water partition coefficient (Wildman–Crippen LogP) is 4.24. The van der Waals surface area contributed by atoms with Crippen LogP contribution in [0.2, 0.25) is 0 Å². The van der Waals surface area contributed by atoms with Crippen molar-refractivity contribution in [3.8, 4) is 0 Å². The first kappa shape index (κ1) is 15.8. The molecule has 0 bridgehead atoms. The van der Waals surface area contributed by atoms with Crippen molar-refractivity contribution < 1.29 is 9.53 Å². The van der Waals surface area contributed by atoms with Gasteiger partial charge in [0.05, 0.1) is 6.61 Å². The molecule has 0 aliphatic rings. The van der Waals surface area contributed by atoms with Crippen LogP contribution >= 0.6 is 0 Å². The Hall–Kier alpha value is -1.25. The van der Waals surface area contributed by atoms with Gasteiger partial charge in [0.2, 0.25) is 0 Å². The topological polar surface area (TPSA) is 42.1 Å². The van der Waals surface area contributed by atoms with Gasteiger partial charge in [-0.25, -0.2) is 0 Å². The van der Waals surface area contributed by atoms with Crippen molar-refractivity contribution in [2.45, 2.75) is 64.7 Å². The van der Waals surface area contributed by atoms with E-state index in [-0.39, 0.29) is 5.97 Å². The van der Waals surface area contributed by atoms with Crippen LogP contribution in [0.4, 0.5) is 0 Å². The molecule has 108 valence electrons. The number of hydrogen-bond donors (Lipinski definition) is 1. The molecule has 1 aromatic rings. The lowest BCUT2D eigenvalue weighted by Gasteiger charge is -2.02. The molecule has 0 spiro atoms. The van der Waals surface area contributed by atoms with Gasteiger partial charge in [-0.1, -0.05) is 32.1 Å². The van der Waals surface area contributed by atoms with Gasteiger partial charge < -0.3 is 9.72 Å². The van der Waals surface area contributed by atoms with Crippen LogP contribution in [0.5, 0.6) is 0 Å². The molecule has 1 rings (SSSR count). The molecule has 0 saturated carbocycles. The Labute approximate surface area is 116 Å². The van der Waals surface area contributed by atoms with Gasteiger partial charge in [-0.05, 0) is 37.8 Å². The zero-order valence-corrected chi connectivity index (χ0v) is 12.1. The Balaban J connectivity index is 1.80. The maximum Gasteiger partial charge on any atom is 0.305 e. The zero-order chi connectivity index (χ0) is 13.8. The Morgan fingerprint density at radius 2 is 1.79 bits per heavy atom. The minimum atomic E-state index is -0.0472. The molecule has 0 radical (unpaired) electrons. The van der Waals surface area contributed by atoms with Crippen LogP contribution in [-0.4, -0.2) is 17.6 Å². The fourth-order valence-corrected chi connectivity index (χ4v) is 2.23. The number of nitrogens with one attached hydrogen (secondary N) is 1. The van der Waals surface area contributed by atoms with Crippen LogP contribution in [0.25, 0.3) is 0 Å². The van der Waals surface area contributed by atoms with Crippen LogP contribution in [0.3, 0.4) is 0 Å². The summed E-state index contributed by atoms with van der Waals surface area (Å²) in [5.41, 5.74) is 1.41.